The van der Waals surface area contributed by atoms with Crippen molar-refractivity contribution in [2.24, 2.45) is 10.8 Å². The smallest absolute Gasteiger partial charge is 0.262 e. The zero-order chi connectivity index (χ0) is 29.7. The van der Waals surface area contributed by atoms with Crippen LogP contribution in [0.4, 0.5) is 5.69 Å². The first kappa shape index (κ1) is 29.1. The summed E-state index contributed by atoms with van der Waals surface area (Å²) in [5, 5.41) is 3.17. The van der Waals surface area contributed by atoms with Crippen LogP contribution in [0.15, 0.2) is 65.0 Å². The highest BCUT2D eigenvalue weighted by atomic mass is 35.5. The van der Waals surface area contributed by atoms with Gasteiger partial charge in [-0.25, -0.2) is 0 Å². The molecule has 5 rings (SSSR count). The van der Waals surface area contributed by atoms with Crippen LogP contribution in [-0.4, -0.2) is 35.5 Å². The van der Waals surface area contributed by atoms with Gasteiger partial charge in [-0.05, 0) is 72.9 Å². The number of Topliss-reactive ketones (excluding diaryl/α,β-unsaturated/α-hetero) is 2. The largest absolute Gasteiger partial charge is 0.482 e. The average Bonchev–Trinajstić information content (AvgIpc) is 2.85. The minimum absolute atomic E-state index is 0.0909. The van der Waals surface area contributed by atoms with E-state index in [-0.39, 0.29) is 34.9 Å². The fraction of sp³-hybridized carbons (Fsp3) is 0.441. The van der Waals surface area contributed by atoms with Crippen LogP contribution in [0.1, 0.15) is 77.3 Å². The number of nitrogens with one attached hydrogen (secondary N) is 1. The molecule has 0 aromatic heterocycles. The molecule has 0 atom stereocenters. The number of nitrogens with zero attached hydrogens (tertiary/aromatic N) is 1. The first-order chi connectivity index (χ1) is 19.3. The molecule has 7 heteroatoms. The van der Waals surface area contributed by atoms with Crippen molar-refractivity contribution in [3.05, 3.63) is 81.2 Å². The van der Waals surface area contributed by atoms with Gasteiger partial charge in [0.25, 0.3) is 5.91 Å². The maximum atomic E-state index is 13.8. The third kappa shape index (κ3) is 5.85. The molecule has 216 valence electrons. The maximum absolute atomic E-state index is 13.8. The Hall–Kier alpha value is -3.38. The molecule has 41 heavy (non-hydrogen) atoms. The van der Waals surface area contributed by atoms with Crippen LogP contribution in [0, 0.1) is 17.8 Å². The van der Waals surface area contributed by atoms with Crippen LogP contribution in [0.2, 0.25) is 5.02 Å². The van der Waals surface area contributed by atoms with E-state index in [0.29, 0.717) is 35.8 Å². The van der Waals surface area contributed by atoms with Crippen molar-refractivity contribution >= 4 is 34.8 Å². The monoisotopic (exact) mass is 574 g/mol. The Balaban J connectivity index is 1.48. The molecule has 2 aromatic carbocycles. The van der Waals surface area contributed by atoms with E-state index in [1.54, 1.807) is 12.1 Å². The number of carbonyl (C=O) groups is 3. The summed E-state index contributed by atoms with van der Waals surface area (Å²) in [6.07, 6.45) is 2.42. The summed E-state index contributed by atoms with van der Waals surface area (Å²) in [6.45, 7) is 13.1. The number of ether oxygens (including phenoxy) is 1. The summed E-state index contributed by atoms with van der Waals surface area (Å²) in [5.41, 5.74) is 5.74. The SMILES string of the molecule is CCN1C2=C(C(=O)CC(C)(C)C2)C(c2ccc(OCC(=O)Nc3cccc(C)c3)c(Cl)c2)C2=C1CC(C)(C)CC2=O. The van der Waals surface area contributed by atoms with E-state index in [1.807, 2.05) is 37.3 Å². The lowest BCUT2D eigenvalue weighted by Gasteiger charge is -2.48. The second-order valence-electron chi connectivity index (χ2n) is 13.2. The molecule has 0 bridgehead atoms. The Bertz CT molecular complexity index is 1450. The molecule has 0 unspecified atom stereocenters. The van der Waals surface area contributed by atoms with Gasteiger partial charge in [-0.3, -0.25) is 14.4 Å². The molecule has 1 aliphatic heterocycles. The lowest BCUT2D eigenvalue weighted by Crippen LogP contribution is -2.44. The summed E-state index contributed by atoms with van der Waals surface area (Å²) in [4.78, 5) is 42.3. The molecule has 2 aliphatic carbocycles. The van der Waals surface area contributed by atoms with Gasteiger partial charge < -0.3 is 15.0 Å². The Morgan fingerprint density at radius 3 is 2.10 bits per heavy atom. The number of benzene rings is 2. The molecule has 3 aliphatic rings. The lowest BCUT2D eigenvalue weighted by molar-refractivity contribution is -0.120. The van der Waals surface area contributed by atoms with Crippen molar-refractivity contribution in [1.82, 2.24) is 4.90 Å². The molecule has 0 spiro atoms. The van der Waals surface area contributed by atoms with Crippen LogP contribution in [0.5, 0.6) is 5.75 Å². The van der Waals surface area contributed by atoms with Crippen molar-refractivity contribution in [2.75, 3.05) is 18.5 Å². The predicted octanol–water partition coefficient (Wildman–Crippen LogP) is 7.37. The van der Waals surface area contributed by atoms with Crippen LogP contribution >= 0.6 is 11.6 Å². The van der Waals surface area contributed by atoms with Crippen LogP contribution in [0.25, 0.3) is 0 Å². The minimum Gasteiger partial charge on any atom is -0.482 e. The van der Waals surface area contributed by atoms with Gasteiger partial charge in [0.1, 0.15) is 5.75 Å². The van der Waals surface area contributed by atoms with Crippen LogP contribution < -0.4 is 10.1 Å². The molecule has 0 saturated heterocycles. The Morgan fingerprint density at radius 2 is 1.56 bits per heavy atom. The second kappa shape index (κ2) is 10.8. The first-order valence-electron chi connectivity index (χ1n) is 14.4. The number of carbonyl (C=O) groups excluding carboxylic acids is 3. The maximum Gasteiger partial charge on any atom is 0.262 e. The fourth-order valence-corrected chi connectivity index (χ4v) is 6.88. The number of amides is 1. The van der Waals surface area contributed by atoms with Gasteiger partial charge >= 0.3 is 0 Å². The van der Waals surface area contributed by atoms with Gasteiger partial charge in [0.2, 0.25) is 0 Å². The standard InChI is InChI=1S/C34H39ClN2O4/c1-7-37-24-15-33(3,4)17-26(38)31(24)30(32-25(37)16-34(5,6)18-27(32)39)21-11-12-28(23(35)14-21)41-19-29(40)36-22-10-8-9-20(2)13-22/h8-14,30H,7,15-19H2,1-6H3,(H,36,40). The highest BCUT2D eigenvalue weighted by Crippen LogP contribution is 2.54. The number of anilines is 1. The van der Waals surface area contributed by atoms with Crippen molar-refractivity contribution in [2.45, 2.75) is 73.1 Å². The molecule has 0 fully saturated rings. The summed E-state index contributed by atoms with van der Waals surface area (Å²) in [6, 6.07) is 12.9. The Morgan fingerprint density at radius 1 is 0.951 bits per heavy atom. The third-order valence-electron chi connectivity index (χ3n) is 8.29. The van der Waals surface area contributed by atoms with Gasteiger partial charge in [-0.2, -0.15) is 0 Å². The van der Waals surface area contributed by atoms with Crippen LogP contribution in [0.3, 0.4) is 0 Å². The number of rotatable bonds is 6. The second-order valence-corrected chi connectivity index (χ2v) is 13.6. The molecule has 6 nitrogen and oxygen atoms in total. The predicted molar refractivity (Wildman–Crippen MR) is 162 cm³/mol. The topological polar surface area (TPSA) is 75.7 Å². The van der Waals surface area contributed by atoms with Gasteiger partial charge in [0, 0.05) is 53.5 Å². The zero-order valence-electron chi connectivity index (χ0n) is 24.8. The van der Waals surface area contributed by atoms with Crippen molar-refractivity contribution in [3.8, 4) is 5.75 Å². The van der Waals surface area contributed by atoms with E-state index < -0.39 is 5.92 Å². The average molecular weight is 575 g/mol. The fourth-order valence-electron chi connectivity index (χ4n) is 6.64. The zero-order valence-corrected chi connectivity index (χ0v) is 25.6. The van der Waals surface area contributed by atoms with Gasteiger partial charge in [-0.1, -0.05) is 57.5 Å². The lowest BCUT2D eigenvalue weighted by atomic mass is 9.63. The van der Waals surface area contributed by atoms with E-state index >= 15 is 0 Å². The molecular weight excluding hydrogens is 536 g/mol. The van der Waals surface area contributed by atoms with Crippen molar-refractivity contribution in [1.29, 1.82) is 0 Å². The van der Waals surface area contributed by atoms with Crippen LogP contribution in [-0.2, 0) is 14.4 Å². The molecule has 2 aromatic rings. The molecule has 1 amide bonds. The normalized spacial score (nSPS) is 20.1. The highest BCUT2D eigenvalue weighted by Gasteiger charge is 2.48. The number of hydrogen-bond acceptors (Lipinski definition) is 5. The minimum atomic E-state index is -0.467. The molecule has 0 radical (unpaired) electrons. The number of aryl methyl sites for hydroxylation is 1. The summed E-state index contributed by atoms with van der Waals surface area (Å²) in [5.74, 6) is -0.206. The number of ketones is 2. The number of hydrogen-bond donors (Lipinski definition) is 1. The first-order valence-corrected chi connectivity index (χ1v) is 14.8. The van der Waals surface area contributed by atoms with Crippen molar-refractivity contribution < 1.29 is 19.1 Å². The van der Waals surface area contributed by atoms with E-state index in [1.165, 1.54) is 0 Å². The molecule has 1 N–H and O–H groups in total. The van der Waals surface area contributed by atoms with E-state index in [9.17, 15) is 14.4 Å². The molecule has 0 saturated carbocycles. The number of halogens is 1. The summed E-state index contributed by atoms with van der Waals surface area (Å²) in [7, 11) is 0. The van der Waals surface area contributed by atoms with Gasteiger partial charge in [-0.15, -0.1) is 0 Å². The summed E-state index contributed by atoms with van der Waals surface area (Å²) >= 11 is 6.71. The number of allylic oxidation sites excluding steroid dienone is 4. The quantitative estimate of drug-likeness (QED) is 0.390. The van der Waals surface area contributed by atoms with E-state index in [4.69, 9.17) is 16.3 Å². The van der Waals surface area contributed by atoms with Crippen molar-refractivity contribution in [3.63, 3.8) is 0 Å². The molecule has 1 heterocycles. The Labute approximate surface area is 247 Å². The summed E-state index contributed by atoms with van der Waals surface area (Å²) < 4.78 is 5.78. The van der Waals surface area contributed by atoms with E-state index in [0.717, 1.165) is 46.5 Å². The Kier molecular flexibility index (Phi) is 7.66. The highest BCUT2D eigenvalue weighted by molar-refractivity contribution is 6.32. The van der Waals surface area contributed by atoms with E-state index in [2.05, 4.69) is 44.8 Å². The third-order valence-corrected chi connectivity index (χ3v) is 8.58. The van der Waals surface area contributed by atoms with Gasteiger partial charge in [0.15, 0.2) is 18.2 Å². The molecular formula is C34H39ClN2O4. The van der Waals surface area contributed by atoms with Gasteiger partial charge in [0.05, 0.1) is 5.02 Å².